The first kappa shape index (κ1) is 19.0. The summed E-state index contributed by atoms with van der Waals surface area (Å²) in [5.41, 5.74) is 6.98. The minimum Gasteiger partial charge on any atom is -0.364 e. The number of anilines is 1. The molecule has 1 aliphatic carbocycles. The van der Waals surface area contributed by atoms with Crippen molar-refractivity contribution >= 4 is 43.9 Å². The first-order chi connectivity index (χ1) is 13.4. The number of ether oxygens (including phenoxy) is 1. The zero-order valence-corrected chi connectivity index (χ0v) is 17.0. The third-order valence-corrected chi connectivity index (χ3v) is 7.99. The molecule has 0 spiro atoms. The summed E-state index contributed by atoms with van der Waals surface area (Å²) in [5.74, 6) is -0.250. The van der Waals surface area contributed by atoms with E-state index in [0.717, 1.165) is 18.2 Å². The van der Waals surface area contributed by atoms with E-state index >= 15 is 0 Å². The van der Waals surface area contributed by atoms with Crippen molar-refractivity contribution in [3.63, 3.8) is 0 Å². The lowest BCUT2D eigenvalue weighted by molar-refractivity contribution is 0.0961. The van der Waals surface area contributed by atoms with Gasteiger partial charge in [0, 0.05) is 19.0 Å². The number of fused-ring (bicyclic) bond motifs is 1. The lowest BCUT2D eigenvalue weighted by Crippen LogP contribution is -2.33. The van der Waals surface area contributed by atoms with Crippen LogP contribution in [0.4, 0.5) is 5.69 Å². The fourth-order valence-corrected chi connectivity index (χ4v) is 6.01. The van der Waals surface area contributed by atoms with Crippen LogP contribution in [0.3, 0.4) is 0 Å². The van der Waals surface area contributed by atoms with Crippen LogP contribution in [0.2, 0.25) is 0 Å². The number of nitrogens with two attached hydrogens (primary N) is 1. The molecule has 7 nitrogen and oxygen atoms in total. The molecule has 0 aliphatic heterocycles. The number of thiophene rings is 1. The first-order valence-corrected chi connectivity index (χ1v) is 11.2. The molecule has 0 radical (unpaired) electrons. The Morgan fingerprint density at radius 2 is 2.11 bits per heavy atom. The van der Waals surface area contributed by atoms with Crippen molar-refractivity contribution in [1.82, 2.24) is 4.57 Å². The molecule has 0 saturated heterocycles. The van der Waals surface area contributed by atoms with Gasteiger partial charge in [0.2, 0.25) is 0 Å². The molecular formula is C19H21N3O4S2. The summed E-state index contributed by atoms with van der Waals surface area (Å²) in [7, 11) is -2.20. The molecule has 3 aromatic rings. The summed E-state index contributed by atoms with van der Waals surface area (Å²) in [6.07, 6.45) is 2.02. The second kappa shape index (κ2) is 7.23. The molecule has 2 N–H and O–H groups in total. The summed E-state index contributed by atoms with van der Waals surface area (Å²) < 4.78 is 35.5. The number of aromatic nitrogens is 1. The number of rotatable bonds is 8. The van der Waals surface area contributed by atoms with Gasteiger partial charge >= 0.3 is 0 Å². The van der Waals surface area contributed by atoms with Gasteiger partial charge in [0.05, 0.1) is 11.2 Å². The number of carbonyl (C=O) groups excluding carboxylic acids is 1. The monoisotopic (exact) mass is 419 g/mol. The van der Waals surface area contributed by atoms with Crippen molar-refractivity contribution in [3.8, 4) is 0 Å². The topological polar surface area (TPSA) is 94.6 Å². The molecule has 0 unspecified atom stereocenters. The number of primary amides is 1. The number of para-hydroxylation sites is 1. The number of benzene rings is 1. The Kier molecular flexibility index (Phi) is 4.90. The maximum absolute atomic E-state index is 13.4. The average Bonchev–Trinajstić information content (AvgIpc) is 3.16. The summed E-state index contributed by atoms with van der Waals surface area (Å²) in [6, 6.07) is 10.4. The van der Waals surface area contributed by atoms with E-state index < -0.39 is 15.9 Å². The number of hydrogen-bond donors (Lipinski definition) is 1. The van der Waals surface area contributed by atoms with E-state index in [1.807, 2.05) is 6.07 Å². The number of amides is 1. The molecule has 148 valence electrons. The molecule has 0 atom stereocenters. The summed E-state index contributed by atoms with van der Waals surface area (Å²) in [5, 5.41) is 2.49. The summed E-state index contributed by atoms with van der Waals surface area (Å²) in [6.45, 7) is 0.499. The van der Waals surface area contributed by atoms with E-state index in [0.29, 0.717) is 27.9 Å². The molecule has 2 aromatic heterocycles. The van der Waals surface area contributed by atoms with Gasteiger partial charge in [0.25, 0.3) is 15.9 Å². The maximum Gasteiger partial charge on any atom is 0.273 e. The molecule has 28 heavy (non-hydrogen) atoms. The Hall–Kier alpha value is -2.36. The predicted molar refractivity (Wildman–Crippen MR) is 109 cm³/mol. The summed E-state index contributed by atoms with van der Waals surface area (Å²) >= 11 is 1.20. The number of sulfonamides is 1. The normalized spacial score (nSPS) is 14.5. The highest BCUT2D eigenvalue weighted by atomic mass is 32.2. The highest BCUT2D eigenvalue weighted by molar-refractivity contribution is 7.94. The second-order valence-corrected chi connectivity index (χ2v) is 9.90. The third-order valence-electron chi connectivity index (χ3n) is 4.84. The number of methoxy groups -OCH3 is 1. The Morgan fingerprint density at radius 3 is 2.71 bits per heavy atom. The Bertz CT molecular complexity index is 1120. The third kappa shape index (κ3) is 3.30. The maximum atomic E-state index is 13.4. The zero-order valence-electron chi connectivity index (χ0n) is 15.4. The van der Waals surface area contributed by atoms with E-state index in [9.17, 15) is 13.2 Å². The standard InChI is InChI=1S/C19H21N3O4S2/c1-26-12-21-16(19(20)23)10-14-4-2-5-15(18(14)21)22(11-13-7-8-13)28(24,25)17-6-3-9-27-17/h2-6,9-10,13H,7-8,11-12H2,1H3,(H2,20,23). The SMILES string of the molecule is COCn1c(C(N)=O)cc2cccc(N(CC3CC3)S(=O)(=O)c3cccs3)c21. The van der Waals surface area contributed by atoms with Gasteiger partial charge in [-0.25, -0.2) is 8.42 Å². The molecule has 0 bridgehead atoms. The highest BCUT2D eigenvalue weighted by Gasteiger charge is 2.34. The van der Waals surface area contributed by atoms with Crippen LogP contribution in [-0.2, 0) is 21.5 Å². The fraction of sp³-hybridized carbons (Fsp3) is 0.316. The van der Waals surface area contributed by atoms with E-state index in [1.54, 1.807) is 40.3 Å². The fourth-order valence-electron chi connectivity index (χ4n) is 3.35. The van der Waals surface area contributed by atoms with Gasteiger partial charge in [-0.05, 0) is 42.3 Å². The van der Waals surface area contributed by atoms with Crippen molar-refractivity contribution in [3.05, 3.63) is 47.5 Å². The Balaban J connectivity index is 1.95. The molecule has 1 aromatic carbocycles. The van der Waals surface area contributed by atoms with Gasteiger partial charge in [-0.3, -0.25) is 9.10 Å². The van der Waals surface area contributed by atoms with Crippen LogP contribution in [0.5, 0.6) is 0 Å². The van der Waals surface area contributed by atoms with E-state index in [2.05, 4.69) is 0 Å². The highest BCUT2D eigenvalue weighted by Crippen LogP contribution is 2.38. The predicted octanol–water partition coefficient (Wildman–Crippen LogP) is 3.01. The van der Waals surface area contributed by atoms with Crippen LogP contribution in [0, 0.1) is 5.92 Å². The van der Waals surface area contributed by atoms with Crippen molar-refractivity contribution in [2.75, 3.05) is 18.0 Å². The van der Waals surface area contributed by atoms with Crippen molar-refractivity contribution in [1.29, 1.82) is 0 Å². The van der Waals surface area contributed by atoms with Gasteiger partial charge in [0.15, 0.2) is 0 Å². The van der Waals surface area contributed by atoms with E-state index in [4.69, 9.17) is 10.5 Å². The lowest BCUT2D eigenvalue weighted by Gasteiger charge is -2.25. The lowest BCUT2D eigenvalue weighted by atomic mass is 10.2. The van der Waals surface area contributed by atoms with E-state index in [1.165, 1.54) is 22.8 Å². The van der Waals surface area contributed by atoms with Crippen LogP contribution in [0.25, 0.3) is 10.9 Å². The first-order valence-electron chi connectivity index (χ1n) is 8.90. The Morgan fingerprint density at radius 1 is 1.32 bits per heavy atom. The van der Waals surface area contributed by atoms with Crippen LogP contribution in [0.15, 0.2) is 46.0 Å². The molecule has 9 heteroatoms. The molecule has 1 aliphatic rings. The van der Waals surface area contributed by atoms with Crippen molar-refractivity contribution in [2.24, 2.45) is 11.7 Å². The molecule has 4 rings (SSSR count). The van der Waals surface area contributed by atoms with Gasteiger partial charge in [-0.15, -0.1) is 11.3 Å². The van der Waals surface area contributed by atoms with Crippen LogP contribution in [-0.4, -0.2) is 32.5 Å². The molecule has 1 fully saturated rings. The van der Waals surface area contributed by atoms with Gasteiger partial charge in [0.1, 0.15) is 16.6 Å². The molecule has 1 amide bonds. The van der Waals surface area contributed by atoms with Crippen LogP contribution < -0.4 is 10.0 Å². The number of nitrogens with zero attached hydrogens (tertiary/aromatic N) is 2. The van der Waals surface area contributed by atoms with Crippen LogP contribution in [0.1, 0.15) is 23.3 Å². The molecular weight excluding hydrogens is 398 g/mol. The van der Waals surface area contributed by atoms with Crippen LogP contribution >= 0.6 is 11.3 Å². The summed E-state index contributed by atoms with van der Waals surface area (Å²) in [4.78, 5) is 11.9. The van der Waals surface area contributed by atoms with Gasteiger partial charge < -0.3 is 15.0 Å². The number of hydrogen-bond acceptors (Lipinski definition) is 5. The Labute approximate surface area is 167 Å². The second-order valence-electron chi connectivity index (χ2n) is 6.87. The number of carbonyl (C=O) groups is 1. The van der Waals surface area contributed by atoms with Crippen molar-refractivity contribution in [2.45, 2.75) is 23.8 Å². The van der Waals surface area contributed by atoms with Crippen molar-refractivity contribution < 1.29 is 17.9 Å². The van der Waals surface area contributed by atoms with E-state index in [-0.39, 0.29) is 12.4 Å². The quantitative estimate of drug-likeness (QED) is 0.607. The molecule has 1 saturated carbocycles. The minimum absolute atomic E-state index is 0.0924. The average molecular weight is 420 g/mol. The minimum atomic E-state index is -3.72. The zero-order chi connectivity index (χ0) is 19.9. The smallest absolute Gasteiger partial charge is 0.273 e. The largest absolute Gasteiger partial charge is 0.364 e. The van der Waals surface area contributed by atoms with Gasteiger partial charge in [-0.1, -0.05) is 18.2 Å². The van der Waals surface area contributed by atoms with Gasteiger partial charge in [-0.2, -0.15) is 0 Å². The molecule has 2 heterocycles.